The second-order valence-electron chi connectivity index (χ2n) is 7.60. The van der Waals surface area contributed by atoms with E-state index in [1.807, 2.05) is 45.0 Å². The van der Waals surface area contributed by atoms with E-state index in [1.54, 1.807) is 18.2 Å². The highest BCUT2D eigenvalue weighted by Crippen LogP contribution is 2.28. The number of carbonyl (C=O) groups is 2. The van der Waals surface area contributed by atoms with Crippen molar-refractivity contribution in [2.24, 2.45) is 5.92 Å². The number of aliphatic carboxylic acids is 1. The molecule has 0 aliphatic rings. The van der Waals surface area contributed by atoms with E-state index in [2.05, 4.69) is 20.8 Å². The first-order chi connectivity index (χ1) is 14.3. The topological polar surface area (TPSA) is 124 Å². The summed E-state index contributed by atoms with van der Waals surface area (Å²) in [6.45, 7) is 5.62. The SMILES string of the molecule is Cc1ccc(-c2n[nH]c(=O)c3ccccc23)cc1NC(=O)NC(CC(C)C)C(=O)O. The monoisotopic (exact) mass is 408 g/mol. The van der Waals surface area contributed by atoms with Crippen LogP contribution in [0, 0.1) is 12.8 Å². The normalized spacial score (nSPS) is 12.0. The first kappa shape index (κ1) is 21.0. The number of hydrogen-bond acceptors (Lipinski definition) is 4. The molecule has 1 heterocycles. The lowest BCUT2D eigenvalue weighted by molar-refractivity contribution is -0.139. The Morgan fingerprint density at radius 1 is 1.13 bits per heavy atom. The molecule has 0 aliphatic heterocycles. The molecule has 30 heavy (non-hydrogen) atoms. The van der Waals surface area contributed by atoms with Crippen LogP contribution in [0.15, 0.2) is 47.3 Å². The van der Waals surface area contributed by atoms with Gasteiger partial charge in [-0.1, -0.05) is 44.2 Å². The number of benzene rings is 2. The van der Waals surface area contributed by atoms with Gasteiger partial charge in [0.25, 0.3) is 5.56 Å². The number of urea groups is 1. The predicted octanol–water partition coefficient (Wildman–Crippen LogP) is 3.52. The maximum Gasteiger partial charge on any atom is 0.326 e. The number of aryl methyl sites for hydroxylation is 1. The number of rotatable bonds is 6. The molecule has 0 bridgehead atoms. The summed E-state index contributed by atoms with van der Waals surface area (Å²) in [5, 5.41) is 22.5. The molecular weight excluding hydrogens is 384 g/mol. The number of fused-ring (bicyclic) bond motifs is 1. The molecular formula is C22H24N4O4. The van der Waals surface area contributed by atoms with Gasteiger partial charge >= 0.3 is 12.0 Å². The van der Waals surface area contributed by atoms with Crippen LogP contribution in [0.2, 0.25) is 0 Å². The molecule has 1 atom stereocenters. The molecule has 0 aliphatic carbocycles. The van der Waals surface area contributed by atoms with Crippen molar-refractivity contribution in [1.29, 1.82) is 0 Å². The molecule has 0 radical (unpaired) electrons. The molecule has 8 nitrogen and oxygen atoms in total. The number of nitrogens with one attached hydrogen (secondary N) is 3. The van der Waals surface area contributed by atoms with E-state index >= 15 is 0 Å². The van der Waals surface area contributed by atoms with Gasteiger partial charge < -0.3 is 15.7 Å². The van der Waals surface area contributed by atoms with E-state index in [1.165, 1.54) is 0 Å². The summed E-state index contributed by atoms with van der Waals surface area (Å²) < 4.78 is 0. The van der Waals surface area contributed by atoms with Gasteiger partial charge in [-0.3, -0.25) is 4.79 Å². The maximum absolute atomic E-state index is 12.4. The van der Waals surface area contributed by atoms with Crippen LogP contribution >= 0.6 is 0 Å². The molecule has 3 aromatic rings. The Morgan fingerprint density at radius 2 is 1.83 bits per heavy atom. The maximum atomic E-state index is 12.4. The van der Waals surface area contributed by atoms with Gasteiger partial charge in [-0.2, -0.15) is 5.10 Å². The molecule has 2 aromatic carbocycles. The Labute approximate surface area is 173 Å². The van der Waals surface area contributed by atoms with Gasteiger partial charge in [-0.25, -0.2) is 14.7 Å². The standard InChI is InChI=1S/C22H24N4O4/c1-12(2)10-18(21(28)29)24-22(30)23-17-11-14(9-8-13(17)3)19-15-6-4-5-7-16(15)20(27)26-25-19/h4-9,11-12,18H,10H2,1-3H3,(H,26,27)(H,28,29)(H2,23,24,30). The molecule has 0 spiro atoms. The van der Waals surface area contributed by atoms with Gasteiger partial charge in [0.2, 0.25) is 0 Å². The molecule has 0 fully saturated rings. The third-order valence-corrected chi connectivity index (χ3v) is 4.77. The largest absolute Gasteiger partial charge is 0.480 e. The van der Waals surface area contributed by atoms with Crippen molar-refractivity contribution in [3.8, 4) is 11.3 Å². The van der Waals surface area contributed by atoms with Gasteiger partial charge in [0.05, 0.1) is 11.1 Å². The molecule has 156 valence electrons. The van der Waals surface area contributed by atoms with Crippen LogP contribution in [0.3, 0.4) is 0 Å². The zero-order valence-corrected chi connectivity index (χ0v) is 17.0. The number of carbonyl (C=O) groups excluding carboxylic acids is 1. The third kappa shape index (κ3) is 4.65. The minimum Gasteiger partial charge on any atom is -0.480 e. The summed E-state index contributed by atoms with van der Waals surface area (Å²) >= 11 is 0. The lowest BCUT2D eigenvalue weighted by Crippen LogP contribution is -2.43. The van der Waals surface area contributed by atoms with Crippen LogP contribution in [0.4, 0.5) is 10.5 Å². The summed E-state index contributed by atoms with van der Waals surface area (Å²) in [6, 6.07) is 11.0. The van der Waals surface area contributed by atoms with Gasteiger partial charge in [-0.15, -0.1) is 0 Å². The quantitative estimate of drug-likeness (QED) is 0.497. The zero-order valence-electron chi connectivity index (χ0n) is 17.0. The number of hydrogen-bond donors (Lipinski definition) is 4. The molecule has 3 rings (SSSR count). The average Bonchev–Trinajstić information content (AvgIpc) is 2.69. The van der Waals surface area contributed by atoms with Crippen molar-refractivity contribution < 1.29 is 14.7 Å². The van der Waals surface area contributed by atoms with Gasteiger partial charge in [0.1, 0.15) is 6.04 Å². The fourth-order valence-electron chi connectivity index (χ4n) is 3.25. The number of aromatic nitrogens is 2. The van der Waals surface area contributed by atoms with E-state index < -0.39 is 18.0 Å². The Morgan fingerprint density at radius 3 is 2.50 bits per heavy atom. The molecule has 0 saturated carbocycles. The van der Waals surface area contributed by atoms with Crippen molar-refractivity contribution in [1.82, 2.24) is 15.5 Å². The van der Waals surface area contributed by atoms with Crippen molar-refractivity contribution >= 4 is 28.5 Å². The average molecular weight is 408 g/mol. The van der Waals surface area contributed by atoms with Crippen LogP contribution in [0.25, 0.3) is 22.0 Å². The van der Waals surface area contributed by atoms with Gasteiger partial charge in [0.15, 0.2) is 0 Å². The van der Waals surface area contributed by atoms with Crippen molar-refractivity contribution in [2.45, 2.75) is 33.2 Å². The second kappa shape index (κ2) is 8.77. The summed E-state index contributed by atoms with van der Waals surface area (Å²) in [5.74, 6) is -0.954. The molecule has 4 N–H and O–H groups in total. The highest BCUT2D eigenvalue weighted by atomic mass is 16.4. The number of amides is 2. The Hall–Kier alpha value is -3.68. The van der Waals surface area contributed by atoms with Crippen LogP contribution in [-0.2, 0) is 4.79 Å². The van der Waals surface area contributed by atoms with Gasteiger partial charge in [-0.05, 0) is 37.0 Å². The second-order valence-corrected chi connectivity index (χ2v) is 7.60. The van der Waals surface area contributed by atoms with E-state index in [4.69, 9.17) is 0 Å². The van der Waals surface area contributed by atoms with Crippen LogP contribution in [0.5, 0.6) is 0 Å². The van der Waals surface area contributed by atoms with Crippen LogP contribution in [-0.4, -0.2) is 33.3 Å². The molecule has 1 unspecified atom stereocenters. The molecule has 8 heteroatoms. The smallest absolute Gasteiger partial charge is 0.326 e. The number of nitrogens with zero attached hydrogens (tertiary/aromatic N) is 1. The fraction of sp³-hybridized carbons (Fsp3) is 0.273. The van der Waals surface area contributed by atoms with E-state index in [0.29, 0.717) is 34.1 Å². The Kier molecular flexibility index (Phi) is 6.15. The number of anilines is 1. The highest BCUT2D eigenvalue weighted by molar-refractivity contribution is 5.96. The minimum absolute atomic E-state index is 0.121. The summed E-state index contributed by atoms with van der Waals surface area (Å²) in [6.07, 6.45) is 0.328. The summed E-state index contributed by atoms with van der Waals surface area (Å²) in [4.78, 5) is 35.8. The number of carboxylic acids is 1. The van der Waals surface area contributed by atoms with E-state index in [0.717, 1.165) is 5.56 Å². The lowest BCUT2D eigenvalue weighted by Gasteiger charge is -2.18. The van der Waals surface area contributed by atoms with Crippen LogP contribution < -0.4 is 16.2 Å². The fourth-order valence-corrected chi connectivity index (χ4v) is 3.25. The van der Waals surface area contributed by atoms with Crippen LogP contribution in [0.1, 0.15) is 25.8 Å². The lowest BCUT2D eigenvalue weighted by atomic mass is 10.0. The van der Waals surface area contributed by atoms with Crippen molar-refractivity contribution in [2.75, 3.05) is 5.32 Å². The first-order valence-electron chi connectivity index (χ1n) is 9.65. The Bertz CT molecular complexity index is 1150. The van der Waals surface area contributed by atoms with E-state index in [9.17, 15) is 19.5 Å². The highest BCUT2D eigenvalue weighted by Gasteiger charge is 2.21. The number of carboxylic acid groups (broad SMARTS) is 1. The van der Waals surface area contributed by atoms with Crippen molar-refractivity contribution in [3.63, 3.8) is 0 Å². The van der Waals surface area contributed by atoms with Gasteiger partial charge in [0, 0.05) is 16.6 Å². The third-order valence-electron chi connectivity index (χ3n) is 4.77. The molecule has 0 saturated heterocycles. The summed E-state index contributed by atoms with van der Waals surface area (Å²) in [5.41, 5.74) is 2.34. The predicted molar refractivity (Wildman–Crippen MR) is 116 cm³/mol. The zero-order chi connectivity index (χ0) is 21.8. The number of H-pyrrole nitrogens is 1. The Balaban J connectivity index is 1.90. The summed E-state index contributed by atoms with van der Waals surface area (Å²) in [7, 11) is 0. The molecule has 2 amide bonds. The first-order valence-corrected chi connectivity index (χ1v) is 9.65. The molecule has 1 aromatic heterocycles. The number of aromatic amines is 1. The minimum atomic E-state index is -1.08. The van der Waals surface area contributed by atoms with Crippen molar-refractivity contribution in [3.05, 3.63) is 58.4 Å². The van der Waals surface area contributed by atoms with E-state index in [-0.39, 0.29) is 11.5 Å².